The summed E-state index contributed by atoms with van der Waals surface area (Å²) >= 11 is 3.63. The van der Waals surface area contributed by atoms with E-state index in [1.54, 1.807) is 0 Å². The lowest BCUT2D eigenvalue weighted by molar-refractivity contribution is 0.553. The zero-order valence-electron chi connectivity index (χ0n) is 9.60. The highest BCUT2D eigenvalue weighted by molar-refractivity contribution is 9.10. The number of hydrogen-bond donors (Lipinski definition) is 1. The van der Waals surface area contributed by atoms with Gasteiger partial charge in [-0.25, -0.2) is 0 Å². The molecule has 0 aliphatic heterocycles. The fourth-order valence-corrected chi connectivity index (χ4v) is 3.01. The largest absolute Gasteiger partial charge is 0.327 e. The summed E-state index contributed by atoms with van der Waals surface area (Å²) in [4.78, 5) is 0. The van der Waals surface area contributed by atoms with E-state index in [2.05, 4.69) is 48.8 Å². The maximum atomic E-state index is 6.12. The maximum Gasteiger partial charge on any atom is 0.0210 e. The lowest BCUT2D eigenvalue weighted by Crippen LogP contribution is -2.32. The van der Waals surface area contributed by atoms with Crippen LogP contribution in [0.3, 0.4) is 0 Å². The van der Waals surface area contributed by atoms with Crippen LogP contribution >= 0.6 is 15.9 Å². The van der Waals surface area contributed by atoms with Crippen molar-refractivity contribution in [3.8, 4) is 0 Å². The smallest absolute Gasteiger partial charge is 0.0210 e. The van der Waals surface area contributed by atoms with Crippen LogP contribution in [0, 0.1) is 13.8 Å². The highest BCUT2D eigenvalue weighted by Crippen LogP contribution is 2.52. The van der Waals surface area contributed by atoms with Crippen molar-refractivity contribution in [1.82, 2.24) is 0 Å². The summed E-state index contributed by atoms with van der Waals surface area (Å²) in [6, 6.07) is 4.73. The lowest BCUT2D eigenvalue weighted by Gasteiger charge is -2.23. The monoisotopic (exact) mass is 267 g/mol. The first kappa shape index (κ1) is 11.2. The average molecular weight is 268 g/mol. The van der Waals surface area contributed by atoms with Crippen LogP contribution in [0.2, 0.25) is 0 Å². The molecule has 1 atom stereocenters. The van der Waals surface area contributed by atoms with Gasteiger partial charge in [0.2, 0.25) is 0 Å². The Labute approximate surface area is 100 Å². The van der Waals surface area contributed by atoms with Crippen LogP contribution in [0.25, 0.3) is 0 Å². The van der Waals surface area contributed by atoms with E-state index in [9.17, 15) is 0 Å². The summed E-state index contributed by atoms with van der Waals surface area (Å²) in [5.74, 6) is 0. The van der Waals surface area contributed by atoms with Crippen LogP contribution in [-0.2, 0) is 5.41 Å². The van der Waals surface area contributed by atoms with Gasteiger partial charge < -0.3 is 5.73 Å². The van der Waals surface area contributed by atoms with Gasteiger partial charge in [-0.3, -0.25) is 0 Å². The average Bonchev–Trinajstić information content (AvgIpc) is 2.91. The Balaban J connectivity index is 2.53. The molecule has 1 aromatic carbocycles. The highest BCUT2D eigenvalue weighted by Gasteiger charge is 2.48. The minimum atomic E-state index is 0.255. The van der Waals surface area contributed by atoms with E-state index in [1.165, 1.54) is 34.0 Å². The molecule has 15 heavy (non-hydrogen) atoms. The van der Waals surface area contributed by atoms with E-state index in [0.29, 0.717) is 0 Å². The predicted octanol–water partition coefficient (Wildman–Crippen LogP) is 3.44. The number of halogens is 1. The van der Waals surface area contributed by atoms with Crippen LogP contribution in [0.1, 0.15) is 36.5 Å². The van der Waals surface area contributed by atoms with Crippen molar-refractivity contribution in [2.75, 3.05) is 0 Å². The summed E-state index contributed by atoms with van der Waals surface area (Å²) in [5, 5.41) is 0. The molecule has 1 aliphatic rings. The molecule has 2 heteroatoms. The van der Waals surface area contributed by atoms with Gasteiger partial charge in [-0.1, -0.05) is 22.0 Å². The van der Waals surface area contributed by atoms with E-state index in [-0.39, 0.29) is 11.5 Å². The summed E-state index contributed by atoms with van der Waals surface area (Å²) in [6.07, 6.45) is 2.48. The highest BCUT2D eigenvalue weighted by atomic mass is 79.9. The van der Waals surface area contributed by atoms with Crippen molar-refractivity contribution < 1.29 is 0 Å². The minimum Gasteiger partial charge on any atom is -0.327 e. The van der Waals surface area contributed by atoms with Gasteiger partial charge >= 0.3 is 0 Å². The SMILES string of the molecule is Cc1cc(Br)c(C)c(C2(C(C)N)CC2)c1. The maximum absolute atomic E-state index is 6.12. The molecule has 2 N–H and O–H groups in total. The third-order valence-electron chi connectivity index (χ3n) is 3.69. The Kier molecular flexibility index (Phi) is 2.68. The molecule has 1 fully saturated rings. The van der Waals surface area contributed by atoms with Crippen LogP contribution in [-0.4, -0.2) is 6.04 Å². The molecule has 0 aromatic heterocycles. The van der Waals surface area contributed by atoms with Gasteiger partial charge in [0.1, 0.15) is 0 Å². The Morgan fingerprint density at radius 1 is 1.33 bits per heavy atom. The molecule has 0 amide bonds. The van der Waals surface area contributed by atoms with Crippen molar-refractivity contribution in [2.24, 2.45) is 5.73 Å². The molecule has 0 saturated heterocycles. The molecule has 0 radical (unpaired) electrons. The molecule has 0 heterocycles. The van der Waals surface area contributed by atoms with E-state index in [1.807, 2.05) is 0 Å². The zero-order chi connectivity index (χ0) is 11.2. The van der Waals surface area contributed by atoms with Crippen molar-refractivity contribution in [3.05, 3.63) is 33.3 Å². The number of hydrogen-bond acceptors (Lipinski definition) is 1. The number of benzene rings is 1. The molecule has 0 bridgehead atoms. The van der Waals surface area contributed by atoms with Gasteiger partial charge in [-0.05, 0) is 56.4 Å². The van der Waals surface area contributed by atoms with E-state index in [0.717, 1.165) is 0 Å². The van der Waals surface area contributed by atoms with Gasteiger partial charge in [-0.15, -0.1) is 0 Å². The van der Waals surface area contributed by atoms with Crippen molar-refractivity contribution in [3.63, 3.8) is 0 Å². The van der Waals surface area contributed by atoms with Gasteiger partial charge in [0, 0.05) is 15.9 Å². The lowest BCUT2D eigenvalue weighted by atomic mass is 9.85. The fraction of sp³-hybridized carbons (Fsp3) is 0.538. The second-order valence-corrected chi connectivity index (χ2v) is 5.72. The Hall–Kier alpha value is -0.340. The van der Waals surface area contributed by atoms with E-state index < -0.39 is 0 Å². The minimum absolute atomic E-state index is 0.255. The first-order chi connectivity index (χ1) is 6.97. The van der Waals surface area contributed by atoms with Gasteiger partial charge in [-0.2, -0.15) is 0 Å². The second-order valence-electron chi connectivity index (χ2n) is 4.86. The van der Waals surface area contributed by atoms with Crippen molar-refractivity contribution >= 4 is 15.9 Å². The Bertz CT molecular complexity index is 392. The van der Waals surface area contributed by atoms with E-state index in [4.69, 9.17) is 5.73 Å². The molecule has 1 unspecified atom stereocenters. The normalized spacial score (nSPS) is 20.1. The standard InChI is InChI=1S/C13H18BrN/c1-8-6-11(9(2)12(14)7-8)13(4-5-13)10(3)15/h6-7,10H,4-5,15H2,1-3H3. The second kappa shape index (κ2) is 3.60. The molecular formula is C13H18BrN. The van der Waals surface area contributed by atoms with Crippen molar-refractivity contribution in [2.45, 2.75) is 45.1 Å². The zero-order valence-corrected chi connectivity index (χ0v) is 11.2. The summed E-state index contributed by atoms with van der Waals surface area (Å²) in [6.45, 7) is 6.45. The number of rotatable bonds is 2. The Morgan fingerprint density at radius 3 is 2.40 bits per heavy atom. The summed E-state index contributed by atoms with van der Waals surface area (Å²) < 4.78 is 1.21. The molecule has 1 aromatic rings. The quantitative estimate of drug-likeness (QED) is 0.873. The molecule has 1 aliphatic carbocycles. The fourth-order valence-electron chi connectivity index (χ4n) is 2.44. The summed E-state index contributed by atoms with van der Waals surface area (Å²) in [5.41, 5.74) is 10.5. The molecule has 2 rings (SSSR count). The predicted molar refractivity (Wildman–Crippen MR) is 68.2 cm³/mol. The number of nitrogens with two attached hydrogens (primary N) is 1. The van der Waals surface area contributed by atoms with Crippen LogP contribution < -0.4 is 5.73 Å². The summed E-state index contributed by atoms with van der Waals surface area (Å²) in [7, 11) is 0. The third-order valence-corrected chi connectivity index (χ3v) is 4.51. The third kappa shape index (κ3) is 1.74. The first-order valence-corrected chi connectivity index (χ1v) is 6.29. The van der Waals surface area contributed by atoms with E-state index >= 15 is 0 Å². The molecule has 0 spiro atoms. The van der Waals surface area contributed by atoms with Crippen LogP contribution in [0.4, 0.5) is 0 Å². The molecule has 1 nitrogen and oxygen atoms in total. The molecular weight excluding hydrogens is 250 g/mol. The van der Waals surface area contributed by atoms with Crippen LogP contribution in [0.5, 0.6) is 0 Å². The number of aryl methyl sites for hydroxylation is 1. The van der Waals surface area contributed by atoms with Gasteiger partial charge in [0.25, 0.3) is 0 Å². The van der Waals surface area contributed by atoms with Gasteiger partial charge in [0.05, 0.1) is 0 Å². The topological polar surface area (TPSA) is 26.0 Å². The first-order valence-electron chi connectivity index (χ1n) is 5.50. The van der Waals surface area contributed by atoms with Gasteiger partial charge in [0.15, 0.2) is 0 Å². The molecule has 1 saturated carbocycles. The van der Waals surface area contributed by atoms with Crippen molar-refractivity contribution in [1.29, 1.82) is 0 Å². The van der Waals surface area contributed by atoms with Crippen LogP contribution in [0.15, 0.2) is 16.6 Å². The Morgan fingerprint density at radius 2 is 1.93 bits per heavy atom. The molecule has 82 valence electrons.